The Morgan fingerprint density at radius 1 is 1.56 bits per heavy atom. The lowest BCUT2D eigenvalue weighted by Gasteiger charge is -2.23. The van der Waals surface area contributed by atoms with E-state index < -0.39 is 0 Å². The topological polar surface area (TPSA) is 35.8 Å². The lowest BCUT2D eigenvalue weighted by molar-refractivity contribution is 0.411. The van der Waals surface area contributed by atoms with Crippen molar-refractivity contribution in [2.45, 2.75) is 69.7 Å². The fraction of sp³-hybridized carbons (Fsp3) is 0.923. The molecule has 92 valence electrons. The molecule has 0 heterocycles. The van der Waals surface area contributed by atoms with Gasteiger partial charge in [-0.25, -0.2) is 0 Å². The summed E-state index contributed by atoms with van der Waals surface area (Å²) in [6.45, 7) is 6.54. The van der Waals surface area contributed by atoms with Gasteiger partial charge in [-0.3, -0.25) is 5.32 Å². The lowest BCUT2D eigenvalue weighted by atomic mass is 9.98. The van der Waals surface area contributed by atoms with E-state index in [-0.39, 0.29) is 5.54 Å². The van der Waals surface area contributed by atoms with E-state index in [2.05, 4.69) is 25.2 Å². The molecule has 0 amide bonds. The molecule has 0 aromatic rings. The zero-order chi connectivity index (χ0) is 12.0. The minimum atomic E-state index is -0.294. The van der Waals surface area contributed by atoms with Crippen LogP contribution in [0, 0.1) is 11.3 Å². The molecule has 0 saturated heterocycles. The third-order valence-corrected chi connectivity index (χ3v) is 4.57. The molecule has 16 heavy (non-hydrogen) atoms. The molecule has 1 aliphatic rings. The van der Waals surface area contributed by atoms with E-state index in [1.807, 2.05) is 18.7 Å². The molecule has 1 N–H and O–H groups in total. The molecule has 1 saturated carbocycles. The van der Waals surface area contributed by atoms with Crippen molar-refractivity contribution in [2.75, 3.05) is 5.75 Å². The molecule has 1 aliphatic carbocycles. The summed E-state index contributed by atoms with van der Waals surface area (Å²) in [5, 5.41) is 13.4. The number of rotatable bonds is 8. The Balaban J connectivity index is 2.15. The summed E-state index contributed by atoms with van der Waals surface area (Å²) >= 11 is 2.02. The van der Waals surface area contributed by atoms with Gasteiger partial charge in [0.25, 0.3) is 0 Å². The van der Waals surface area contributed by atoms with Gasteiger partial charge in [-0.15, -0.1) is 0 Å². The molecule has 0 aromatic carbocycles. The summed E-state index contributed by atoms with van der Waals surface area (Å²) < 4.78 is 0. The highest BCUT2D eigenvalue weighted by molar-refractivity contribution is 7.99. The number of hydrogen-bond acceptors (Lipinski definition) is 3. The highest BCUT2D eigenvalue weighted by Gasteiger charge is 2.31. The zero-order valence-electron chi connectivity index (χ0n) is 10.8. The van der Waals surface area contributed by atoms with Crippen LogP contribution in [0.2, 0.25) is 0 Å². The summed E-state index contributed by atoms with van der Waals surface area (Å²) in [7, 11) is 0. The molecule has 1 rings (SSSR count). The third-order valence-electron chi connectivity index (χ3n) is 3.15. The van der Waals surface area contributed by atoms with Gasteiger partial charge in [0.15, 0.2) is 0 Å². The van der Waals surface area contributed by atoms with Crippen LogP contribution in [0.1, 0.15) is 52.9 Å². The predicted molar refractivity (Wildman–Crippen MR) is 71.6 cm³/mol. The highest BCUT2D eigenvalue weighted by Crippen LogP contribution is 2.25. The molecule has 1 fully saturated rings. The molecule has 0 spiro atoms. The van der Waals surface area contributed by atoms with Crippen molar-refractivity contribution in [1.29, 1.82) is 5.26 Å². The van der Waals surface area contributed by atoms with Gasteiger partial charge < -0.3 is 0 Å². The monoisotopic (exact) mass is 240 g/mol. The van der Waals surface area contributed by atoms with Gasteiger partial charge in [0, 0.05) is 11.3 Å². The normalized spacial score (nSPS) is 21.1. The minimum absolute atomic E-state index is 0.294. The number of nitrogens with zero attached hydrogens (tertiary/aromatic N) is 1. The first kappa shape index (κ1) is 13.9. The van der Waals surface area contributed by atoms with Gasteiger partial charge in [-0.2, -0.15) is 17.0 Å². The van der Waals surface area contributed by atoms with Gasteiger partial charge in [-0.1, -0.05) is 13.8 Å². The molecule has 0 bridgehead atoms. The number of nitriles is 1. The Hall–Kier alpha value is -0.200. The molecule has 0 aromatic heterocycles. The lowest BCUT2D eigenvalue weighted by Crippen LogP contribution is -2.42. The SMILES string of the molecule is CCC(C)SCCCC(C)(C#N)NC1CC1. The van der Waals surface area contributed by atoms with Crippen LogP contribution in [0.25, 0.3) is 0 Å². The van der Waals surface area contributed by atoms with Gasteiger partial charge in [0.05, 0.1) is 6.07 Å². The summed E-state index contributed by atoms with van der Waals surface area (Å²) in [6.07, 6.45) is 5.85. The molecule has 0 radical (unpaired) electrons. The fourth-order valence-electron chi connectivity index (χ4n) is 1.67. The quantitative estimate of drug-likeness (QED) is 0.661. The molecular formula is C13H24N2S. The Bertz CT molecular complexity index is 245. The van der Waals surface area contributed by atoms with Crippen LogP contribution in [0.5, 0.6) is 0 Å². The smallest absolute Gasteiger partial charge is 0.104 e. The van der Waals surface area contributed by atoms with E-state index in [9.17, 15) is 5.26 Å². The van der Waals surface area contributed by atoms with Crippen molar-refractivity contribution in [2.24, 2.45) is 0 Å². The van der Waals surface area contributed by atoms with Crippen molar-refractivity contribution in [3.05, 3.63) is 0 Å². The summed E-state index contributed by atoms with van der Waals surface area (Å²) in [4.78, 5) is 0. The minimum Gasteiger partial charge on any atom is -0.297 e. The second-order valence-corrected chi connectivity index (χ2v) is 6.60. The molecule has 3 heteroatoms. The summed E-state index contributed by atoms with van der Waals surface area (Å²) in [5.74, 6) is 1.18. The number of nitrogens with one attached hydrogen (secondary N) is 1. The van der Waals surface area contributed by atoms with E-state index in [1.54, 1.807) is 0 Å². The van der Waals surface area contributed by atoms with Crippen LogP contribution < -0.4 is 5.32 Å². The second-order valence-electron chi connectivity index (χ2n) is 5.06. The first-order valence-electron chi connectivity index (χ1n) is 6.40. The molecular weight excluding hydrogens is 216 g/mol. The maximum absolute atomic E-state index is 9.20. The third kappa shape index (κ3) is 5.23. The summed E-state index contributed by atoms with van der Waals surface area (Å²) in [6, 6.07) is 3.05. The largest absolute Gasteiger partial charge is 0.297 e. The van der Waals surface area contributed by atoms with Crippen LogP contribution >= 0.6 is 11.8 Å². The van der Waals surface area contributed by atoms with E-state index >= 15 is 0 Å². The Labute approximate surface area is 104 Å². The van der Waals surface area contributed by atoms with Crippen LogP contribution in [0.3, 0.4) is 0 Å². The van der Waals surface area contributed by atoms with E-state index in [0.717, 1.165) is 18.1 Å². The summed E-state index contributed by atoms with van der Waals surface area (Å²) in [5.41, 5.74) is -0.294. The van der Waals surface area contributed by atoms with Crippen LogP contribution in [-0.2, 0) is 0 Å². The number of hydrogen-bond donors (Lipinski definition) is 1. The maximum Gasteiger partial charge on any atom is 0.104 e. The zero-order valence-corrected chi connectivity index (χ0v) is 11.6. The first-order valence-corrected chi connectivity index (χ1v) is 7.45. The van der Waals surface area contributed by atoms with Crippen molar-refractivity contribution < 1.29 is 0 Å². The maximum atomic E-state index is 9.20. The van der Waals surface area contributed by atoms with E-state index in [1.165, 1.54) is 25.0 Å². The standard InChI is InChI=1S/C13H24N2S/c1-4-11(2)16-9-5-8-13(3,10-14)15-12-6-7-12/h11-12,15H,4-9H2,1-3H3. The second kappa shape index (κ2) is 6.51. The van der Waals surface area contributed by atoms with Crippen molar-refractivity contribution >= 4 is 11.8 Å². The van der Waals surface area contributed by atoms with E-state index in [0.29, 0.717) is 6.04 Å². The van der Waals surface area contributed by atoms with Crippen molar-refractivity contribution in [1.82, 2.24) is 5.32 Å². The molecule has 0 aliphatic heterocycles. The molecule has 2 nitrogen and oxygen atoms in total. The van der Waals surface area contributed by atoms with Crippen LogP contribution in [0.4, 0.5) is 0 Å². The molecule has 2 atom stereocenters. The van der Waals surface area contributed by atoms with E-state index in [4.69, 9.17) is 0 Å². The average Bonchev–Trinajstić information content (AvgIpc) is 3.08. The Morgan fingerprint density at radius 3 is 2.75 bits per heavy atom. The first-order chi connectivity index (χ1) is 7.59. The van der Waals surface area contributed by atoms with Crippen molar-refractivity contribution in [3.63, 3.8) is 0 Å². The Kier molecular flexibility index (Phi) is 5.64. The van der Waals surface area contributed by atoms with Crippen LogP contribution in [-0.4, -0.2) is 22.6 Å². The van der Waals surface area contributed by atoms with Gasteiger partial charge >= 0.3 is 0 Å². The number of thioether (sulfide) groups is 1. The van der Waals surface area contributed by atoms with Crippen molar-refractivity contribution in [3.8, 4) is 6.07 Å². The van der Waals surface area contributed by atoms with Gasteiger partial charge in [0.1, 0.15) is 5.54 Å². The van der Waals surface area contributed by atoms with Gasteiger partial charge in [-0.05, 0) is 44.8 Å². The Morgan fingerprint density at radius 2 is 2.25 bits per heavy atom. The highest BCUT2D eigenvalue weighted by atomic mass is 32.2. The fourth-order valence-corrected chi connectivity index (χ4v) is 2.62. The average molecular weight is 240 g/mol. The van der Waals surface area contributed by atoms with Gasteiger partial charge in [0.2, 0.25) is 0 Å². The predicted octanol–water partition coefficient (Wildman–Crippen LogP) is 3.33. The molecule has 2 unspecified atom stereocenters. The van der Waals surface area contributed by atoms with Crippen LogP contribution in [0.15, 0.2) is 0 Å².